The second-order valence-corrected chi connectivity index (χ2v) is 7.95. The number of aromatic hydroxyl groups is 1. The van der Waals surface area contributed by atoms with Crippen molar-refractivity contribution in [1.82, 2.24) is 15.3 Å². The average Bonchev–Trinajstić information content (AvgIpc) is 2.68. The fourth-order valence-corrected chi connectivity index (χ4v) is 3.86. The van der Waals surface area contributed by atoms with Crippen LogP contribution < -0.4 is 11.1 Å². The van der Waals surface area contributed by atoms with Crippen LogP contribution in [0, 0.1) is 17.2 Å². The molecular formula is C22H29N5O. The molecule has 0 bridgehead atoms. The predicted molar refractivity (Wildman–Crippen MR) is 111 cm³/mol. The first-order chi connectivity index (χ1) is 13.5. The maximum absolute atomic E-state index is 10.6. The first-order valence-corrected chi connectivity index (χ1v) is 10.1. The van der Waals surface area contributed by atoms with Gasteiger partial charge in [-0.2, -0.15) is 5.26 Å². The van der Waals surface area contributed by atoms with Crippen molar-refractivity contribution in [2.24, 2.45) is 5.92 Å². The molecule has 0 radical (unpaired) electrons. The van der Waals surface area contributed by atoms with Gasteiger partial charge in [0, 0.05) is 12.5 Å². The Bertz CT molecular complexity index is 866. The third-order valence-corrected chi connectivity index (χ3v) is 5.34. The van der Waals surface area contributed by atoms with Gasteiger partial charge in [0.1, 0.15) is 23.2 Å². The molecule has 0 aliphatic carbocycles. The number of nitriles is 1. The van der Waals surface area contributed by atoms with Crippen LogP contribution in [0.1, 0.15) is 62.3 Å². The lowest BCUT2D eigenvalue weighted by Crippen LogP contribution is -2.29. The van der Waals surface area contributed by atoms with Crippen LogP contribution in [0.2, 0.25) is 0 Å². The van der Waals surface area contributed by atoms with Crippen molar-refractivity contribution >= 4 is 5.82 Å². The minimum atomic E-state index is 0.127. The van der Waals surface area contributed by atoms with E-state index in [9.17, 15) is 10.4 Å². The average molecular weight is 380 g/mol. The van der Waals surface area contributed by atoms with Crippen LogP contribution in [-0.2, 0) is 6.42 Å². The van der Waals surface area contributed by atoms with Crippen LogP contribution in [-0.4, -0.2) is 28.2 Å². The van der Waals surface area contributed by atoms with Gasteiger partial charge in [0.25, 0.3) is 0 Å². The number of benzene rings is 1. The predicted octanol–water partition coefficient (Wildman–Crippen LogP) is 3.75. The molecule has 2 aromatic rings. The maximum Gasteiger partial charge on any atom is 0.165 e. The number of piperidine rings is 1. The topological polar surface area (TPSA) is 108 Å². The molecule has 6 nitrogen and oxygen atoms in total. The Balaban J connectivity index is 2.04. The van der Waals surface area contributed by atoms with E-state index in [1.54, 1.807) is 6.07 Å². The van der Waals surface area contributed by atoms with Crippen molar-refractivity contribution in [3.63, 3.8) is 0 Å². The zero-order valence-corrected chi connectivity index (χ0v) is 16.7. The molecule has 0 amide bonds. The highest BCUT2D eigenvalue weighted by Gasteiger charge is 2.25. The standard InChI is InChI=1S/C22H29N5O/c1-14(2)6-3-7-15-8-4-10-18(28)19(15)22-26-20(16-9-5-11-25-13-16)17(12-23)21(24)27-22/h4,8,10,14,16,25,28H,3,5-7,9,11,13H2,1-2H3,(H2,24,26,27). The van der Waals surface area contributed by atoms with Gasteiger partial charge in [-0.3, -0.25) is 0 Å². The van der Waals surface area contributed by atoms with Gasteiger partial charge in [0.2, 0.25) is 0 Å². The number of nitrogens with one attached hydrogen (secondary N) is 1. The lowest BCUT2D eigenvalue weighted by Gasteiger charge is -2.24. The van der Waals surface area contributed by atoms with Crippen LogP contribution in [0.5, 0.6) is 5.75 Å². The number of anilines is 1. The highest BCUT2D eigenvalue weighted by Crippen LogP contribution is 2.35. The summed E-state index contributed by atoms with van der Waals surface area (Å²) in [5.41, 5.74) is 8.83. The van der Waals surface area contributed by atoms with Crippen molar-refractivity contribution in [1.29, 1.82) is 5.26 Å². The molecule has 4 N–H and O–H groups in total. The highest BCUT2D eigenvalue weighted by molar-refractivity contribution is 5.70. The molecule has 0 saturated carbocycles. The maximum atomic E-state index is 10.6. The Hall–Kier alpha value is -2.65. The van der Waals surface area contributed by atoms with Crippen molar-refractivity contribution in [3.05, 3.63) is 35.0 Å². The lowest BCUT2D eigenvalue weighted by atomic mass is 9.92. The number of hydrogen-bond acceptors (Lipinski definition) is 6. The van der Waals surface area contributed by atoms with Crippen LogP contribution in [0.3, 0.4) is 0 Å². The molecule has 1 saturated heterocycles. The number of nitrogens with two attached hydrogens (primary N) is 1. The number of nitrogen functional groups attached to an aromatic ring is 1. The highest BCUT2D eigenvalue weighted by atomic mass is 16.3. The quantitative estimate of drug-likeness (QED) is 0.705. The summed E-state index contributed by atoms with van der Waals surface area (Å²) in [6.45, 7) is 6.16. The Kier molecular flexibility index (Phi) is 6.48. The lowest BCUT2D eigenvalue weighted by molar-refractivity contribution is 0.453. The summed E-state index contributed by atoms with van der Waals surface area (Å²) in [5.74, 6) is 1.51. The van der Waals surface area contributed by atoms with E-state index in [2.05, 4.69) is 30.2 Å². The largest absolute Gasteiger partial charge is 0.507 e. The van der Waals surface area contributed by atoms with E-state index in [4.69, 9.17) is 10.7 Å². The Morgan fingerprint density at radius 2 is 2.18 bits per heavy atom. The van der Waals surface area contributed by atoms with Gasteiger partial charge in [-0.15, -0.1) is 0 Å². The van der Waals surface area contributed by atoms with Crippen LogP contribution >= 0.6 is 0 Å². The molecule has 1 aliphatic rings. The third-order valence-electron chi connectivity index (χ3n) is 5.34. The van der Waals surface area contributed by atoms with E-state index in [0.29, 0.717) is 28.6 Å². The van der Waals surface area contributed by atoms with E-state index in [0.717, 1.165) is 50.8 Å². The Labute approximate surface area is 166 Å². The number of rotatable bonds is 6. The van der Waals surface area contributed by atoms with Crippen LogP contribution in [0.15, 0.2) is 18.2 Å². The van der Waals surface area contributed by atoms with Gasteiger partial charge >= 0.3 is 0 Å². The smallest absolute Gasteiger partial charge is 0.165 e. The van der Waals surface area contributed by atoms with Gasteiger partial charge in [-0.1, -0.05) is 32.4 Å². The molecule has 3 rings (SSSR count). The molecule has 1 aromatic heterocycles. The number of aryl methyl sites for hydroxylation is 1. The normalized spacial score (nSPS) is 16.9. The molecule has 148 valence electrons. The summed E-state index contributed by atoms with van der Waals surface area (Å²) in [4.78, 5) is 9.15. The second kappa shape index (κ2) is 9.03. The molecule has 6 heteroatoms. The van der Waals surface area contributed by atoms with E-state index in [1.165, 1.54) is 0 Å². The minimum absolute atomic E-state index is 0.127. The summed E-state index contributed by atoms with van der Waals surface area (Å²) in [5, 5.41) is 23.5. The van der Waals surface area contributed by atoms with Crippen molar-refractivity contribution in [3.8, 4) is 23.2 Å². The number of nitrogens with zero attached hydrogens (tertiary/aromatic N) is 3. The van der Waals surface area contributed by atoms with Gasteiger partial charge < -0.3 is 16.2 Å². The minimum Gasteiger partial charge on any atom is -0.507 e. The number of phenols is 1. The van der Waals surface area contributed by atoms with Gasteiger partial charge in [-0.25, -0.2) is 9.97 Å². The molecule has 1 unspecified atom stereocenters. The molecule has 1 atom stereocenters. The first kappa shape index (κ1) is 20.1. The summed E-state index contributed by atoms with van der Waals surface area (Å²) in [6, 6.07) is 7.69. The molecule has 1 fully saturated rings. The monoisotopic (exact) mass is 379 g/mol. The van der Waals surface area contributed by atoms with Gasteiger partial charge in [0.05, 0.1) is 11.3 Å². The van der Waals surface area contributed by atoms with Crippen LogP contribution in [0.4, 0.5) is 5.82 Å². The second-order valence-electron chi connectivity index (χ2n) is 7.95. The Morgan fingerprint density at radius 1 is 1.36 bits per heavy atom. The number of hydrogen-bond donors (Lipinski definition) is 3. The van der Waals surface area contributed by atoms with Crippen LogP contribution in [0.25, 0.3) is 11.4 Å². The van der Waals surface area contributed by atoms with E-state index < -0.39 is 0 Å². The fraction of sp³-hybridized carbons (Fsp3) is 0.500. The molecule has 2 heterocycles. The summed E-state index contributed by atoms with van der Waals surface area (Å²) in [6.07, 6.45) is 4.97. The van der Waals surface area contributed by atoms with Crippen molar-refractivity contribution < 1.29 is 5.11 Å². The van der Waals surface area contributed by atoms with Gasteiger partial charge in [-0.05, 0) is 49.8 Å². The summed E-state index contributed by atoms with van der Waals surface area (Å²) in [7, 11) is 0. The van der Waals surface area contributed by atoms with E-state index >= 15 is 0 Å². The third kappa shape index (κ3) is 4.42. The number of aromatic nitrogens is 2. The fourth-order valence-electron chi connectivity index (χ4n) is 3.86. The van der Waals surface area contributed by atoms with Gasteiger partial charge in [0.15, 0.2) is 5.82 Å². The molecule has 28 heavy (non-hydrogen) atoms. The zero-order valence-electron chi connectivity index (χ0n) is 16.7. The SMILES string of the molecule is CC(C)CCCc1cccc(O)c1-c1nc(N)c(C#N)c(C2CCCNC2)n1. The summed E-state index contributed by atoms with van der Waals surface area (Å²) < 4.78 is 0. The Morgan fingerprint density at radius 3 is 2.86 bits per heavy atom. The van der Waals surface area contributed by atoms with Crippen molar-refractivity contribution in [2.75, 3.05) is 18.8 Å². The van der Waals surface area contributed by atoms with E-state index in [-0.39, 0.29) is 17.5 Å². The molecular weight excluding hydrogens is 350 g/mol. The van der Waals surface area contributed by atoms with Crippen molar-refractivity contribution in [2.45, 2.75) is 51.9 Å². The first-order valence-electron chi connectivity index (χ1n) is 10.1. The molecule has 0 spiro atoms. The molecule has 1 aliphatic heterocycles. The number of phenolic OH excluding ortho intramolecular Hbond substituents is 1. The van der Waals surface area contributed by atoms with E-state index in [1.807, 2.05) is 12.1 Å². The summed E-state index contributed by atoms with van der Waals surface area (Å²) >= 11 is 0. The molecule has 1 aromatic carbocycles. The zero-order chi connectivity index (χ0) is 20.1.